The Bertz CT molecular complexity index is 364. The van der Waals surface area contributed by atoms with E-state index in [-0.39, 0.29) is 0 Å². The Kier molecular flexibility index (Phi) is 5.37. The van der Waals surface area contributed by atoms with Crippen LogP contribution in [0.5, 0.6) is 0 Å². The minimum absolute atomic E-state index is 0.616. The molecule has 1 nitrogen and oxygen atoms in total. The highest BCUT2D eigenvalue weighted by Gasteiger charge is 2.17. The van der Waals surface area contributed by atoms with E-state index in [9.17, 15) is 0 Å². The van der Waals surface area contributed by atoms with Gasteiger partial charge in [-0.05, 0) is 36.8 Å². The second kappa shape index (κ2) is 7.04. The van der Waals surface area contributed by atoms with Crippen LogP contribution in [0.1, 0.15) is 44.6 Å². The Morgan fingerprint density at radius 1 is 1.22 bits per heavy atom. The largest absolute Gasteiger partial charge is 0.371 e. The standard InChI is InChI=1S/C16H24ClN/c1-2-6-14-7-5-11-18(12-10-14)16-9-4-3-8-15(16)13-17/h3-4,8-9,14H,2,5-7,10-13H2,1H3. The van der Waals surface area contributed by atoms with Crippen molar-refractivity contribution in [1.29, 1.82) is 0 Å². The van der Waals surface area contributed by atoms with Crippen LogP contribution in [0.4, 0.5) is 5.69 Å². The second-order valence-electron chi connectivity index (χ2n) is 5.33. The first-order valence-corrected chi connectivity index (χ1v) is 7.77. The third-order valence-corrected chi connectivity index (χ3v) is 4.31. The maximum atomic E-state index is 6.04. The van der Waals surface area contributed by atoms with E-state index in [0.29, 0.717) is 5.88 Å². The normalized spacial score (nSPS) is 20.8. The Hall–Kier alpha value is -0.690. The molecule has 0 aromatic heterocycles. The molecule has 1 saturated heterocycles. The van der Waals surface area contributed by atoms with Crippen molar-refractivity contribution in [2.24, 2.45) is 5.92 Å². The molecule has 100 valence electrons. The third-order valence-electron chi connectivity index (χ3n) is 4.02. The lowest BCUT2D eigenvalue weighted by Gasteiger charge is -2.25. The molecule has 1 fully saturated rings. The van der Waals surface area contributed by atoms with Gasteiger partial charge in [-0.3, -0.25) is 0 Å². The minimum atomic E-state index is 0.616. The first-order valence-electron chi connectivity index (χ1n) is 7.24. The summed E-state index contributed by atoms with van der Waals surface area (Å²) in [6, 6.07) is 8.58. The van der Waals surface area contributed by atoms with Crippen molar-refractivity contribution < 1.29 is 0 Å². The van der Waals surface area contributed by atoms with Gasteiger partial charge in [0.2, 0.25) is 0 Å². The molecule has 2 rings (SSSR count). The molecule has 1 atom stereocenters. The fourth-order valence-corrected chi connectivity index (χ4v) is 3.26. The van der Waals surface area contributed by atoms with Gasteiger partial charge in [-0.1, -0.05) is 38.0 Å². The lowest BCUT2D eigenvalue weighted by atomic mass is 9.96. The number of hydrogen-bond acceptors (Lipinski definition) is 1. The average Bonchev–Trinajstić information content (AvgIpc) is 2.65. The first-order chi connectivity index (χ1) is 8.85. The Labute approximate surface area is 116 Å². The van der Waals surface area contributed by atoms with Gasteiger partial charge < -0.3 is 4.90 Å². The van der Waals surface area contributed by atoms with Gasteiger partial charge in [0, 0.05) is 24.7 Å². The fourth-order valence-electron chi connectivity index (χ4n) is 3.04. The maximum Gasteiger partial charge on any atom is 0.0494 e. The van der Waals surface area contributed by atoms with Crippen molar-refractivity contribution >= 4 is 17.3 Å². The minimum Gasteiger partial charge on any atom is -0.371 e. The highest BCUT2D eigenvalue weighted by molar-refractivity contribution is 6.17. The number of rotatable bonds is 4. The molecule has 0 bridgehead atoms. The van der Waals surface area contributed by atoms with Crippen LogP contribution in [0.25, 0.3) is 0 Å². The van der Waals surface area contributed by atoms with Crippen LogP contribution >= 0.6 is 11.6 Å². The van der Waals surface area contributed by atoms with Gasteiger partial charge in [-0.2, -0.15) is 0 Å². The van der Waals surface area contributed by atoms with E-state index in [0.717, 1.165) is 5.92 Å². The summed E-state index contributed by atoms with van der Waals surface area (Å²) in [4.78, 5) is 2.54. The van der Waals surface area contributed by atoms with Crippen LogP contribution < -0.4 is 4.90 Å². The quantitative estimate of drug-likeness (QED) is 0.705. The molecule has 1 aromatic rings. The summed E-state index contributed by atoms with van der Waals surface area (Å²) >= 11 is 6.04. The predicted octanol–water partition coefficient (Wildman–Crippen LogP) is 4.83. The molecule has 1 aliphatic heterocycles. The van der Waals surface area contributed by atoms with Gasteiger partial charge in [-0.25, -0.2) is 0 Å². The summed E-state index contributed by atoms with van der Waals surface area (Å²) in [5.74, 6) is 1.55. The second-order valence-corrected chi connectivity index (χ2v) is 5.60. The van der Waals surface area contributed by atoms with E-state index in [4.69, 9.17) is 11.6 Å². The van der Waals surface area contributed by atoms with E-state index in [1.54, 1.807) is 0 Å². The molecule has 1 aliphatic rings. The number of hydrogen-bond donors (Lipinski definition) is 0. The third kappa shape index (κ3) is 3.41. The van der Waals surface area contributed by atoms with Gasteiger partial charge in [0.05, 0.1) is 0 Å². The molecular formula is C16H24ClN. The molecule has 0 saturated carbocycles. The van der Waals surface area contributed by atoms with Gasteiger partial charge in [0.15, 0.2) is 0 Å². The van der Waals surface area contributed by atoms with Crippen molar-refractivity contribution in [3.63, 3.8) is 0 Å². The predicted molar refractivity (Wildman–Crippen MR) is 80.5 cm³/mol. The summed E-state index contributed by atoms with van der Waals surface area (Å²) in [5.41, 5.74) is 2.62. The highest BCUT2D eigenvalue weighted by atomic mass is 35.5. The molecule has 0 aliphatic carbocycles. The van der Waals surface area contributed by atoms with Crippen LogP contribution in [0.2, 0.25) is 0 Å². The van der Waals surface area contributed by atoms with Crippen molar-refractivity contribution in [2.45, 2.75) is 44.9 Å². The van der Waals surface area contributed by atoms with E-state index in [1.165, 1.54) is 56.4 Å². The molecule has 0 amide bonds. The van der Waals surface area contributed by atoms with Crippen molar-refractivity contribution in [2.75, 3.05) is 18.0 Å². The molecule has 0 N–H and O–H groups in total. The number of anilines is 1. The van der Waals surface area contributed by atoms with Crippen molar-refractivity contribution in [1.82, 2.24) is 0 Å². The molecule has 1 heterocycles. The topological polar surface area (TPSA) is 3.24 Å². The first kappa shape index (κ1) is 13.7. The summed E-state index contributed by atoms with van der Waals surface area (Å²) in [6.07, 6.45) is 6.77. The van der Waals surface area contributed by atoms with Gasteiger partial charge in [-0.15, -0.1) is 11.6 Å². The maximum absolute atomic E-state index is 6.04. The molecule has 2 heteroatoms. The Morgan fingerprint density at radius 2 is 2.06 bits per heavy atom. The fraction of sp³-hybridized carbons (Fsp3) is 0.625. The van der Waals surface area contributed by atoms with Crippen LogP contribution in [-0.2, 0) is 5.88 Å². The molecular weight excluding hydrogens is 242 g/mol. The van der Waals surface area contributed by atoms with Crippen LogP contribution in [-0.4, -0.2) is 13.1 Å². The van der Waals surface area contributed by atoms with E-state index in [2.05, 4.69) is 36.1 Å². The Morgan fingerprint density at radius 3 is 2.83 bits per heavy atom. The molecule has 1 aromatic carbocycles. The van der Waals surface area contributed by atoms with E-state index in [1.807, 2.05) is 0 Å². The average molecular weight is 266 g/mol. The lowest BCUT2D eigenvalue weighted by Crippen LogP contribution is -2.25. The summed E-state index contributed by atoms with van der Waals surface area (Å²) in [7, 11) is 0. The molecule has 1 unspecified atom stereocenters. The number of para-hydroxylation sites is 1. The van der Waals surface area contributed by atoms with Gasteiger partial charge in [0.1, 0.15) is 0 Å². The number of halogens is 1. The van der Waals surface area contributed by atoms with Crippen LogP contribution in [0, 0.1) is 5.92 Å². The number of alkyl halides is 1. The lowest BCUT2D eigenvalue weighted by molar-refractivity contribution is 0.435. The molecule has 0 radical (unpaired) electrons. The summed E-state index contributed by atoms with van der Waals surface area (Å²) in [5, 5.41) is 0. The van der Waals surface area contributed by atoms with E-state index >= 15 is 0 Å². The highest BCUT2D eigenvalue weighted by Crippen LogP contribution is 2.28. The SMILES string of the molecule is CCCC1CCCN(c2ccccc2CCl)CC1. The summed E-state index contributed by atoms with van der Waals surface area (Å²) < 4.78 is 0. The number of benzene rings is 1. The van der Waals surface area contributed by atoms with Crippen LogP contribution in [0.3, 0.4) is 0 Å². The zero-order valence-electron chi connectivity index (χ0n) is 11.4. The van der Waals surface area contributed by atoms with Crippen molar-refractivity contribution in [3.8, 4) is 0 Å². The monoisotopic (exact) mass is 265 g/mol. The number of nitrogens with zero attached hydrogens (tertiary/aromatic N) is 1. The molecule has 0 spiro atoms. The van der Waals surface area contributed by atoms with Crippen molar-refractivity contribution in [3.05, 3.63) is 29.8 Å². The van der Waals surface area contributed by atoms with Gasteiger partial charge >= 0.3 is 0 Å². The van der Waals surface area contributed by atoms with Gasteiger partial charge in [0.25, 0.3) is 0 Å². The summed E-state index contributed by atoms with van der Waals surface area (Å²) in [6.45, 7) is 4.68. The zero-order valence-corrected chi connectivity index (χ0v) is 12.1. The smallest absolute Gasteiger partial charge is 0.0494 e. The molecule has 18 heavy (non-hydrogen) atoms. The van der Waals surface area contributed by atoms with Crippen LogP contribution in [0.15, 0.2) is 24.3 Å². The zero-order chi connectivity index (χ0) is 12.8. The Balaban J connectivity index is 2.05. The van der Waals surface area contributed by atoms with E-state index < -0.39 is 0 Å².